The molecule has 1 fully saturated rings. The van der Waals surface area contributed by atoms with Gasteiger partial charge in [0.15, 0.2) is 0 Å². The van der Waals surface area contributed by atoms with Crippen LogP contribution in [0.1, 0.15) is 65.8 Å². The molecule has 1 aliphatic rings. The number of nitrogens with one attached hydrogen (secondary N) is 2. The van der Waals surface area contributed by atoms with Crippen molar-refractivity contribution in [1.82, 2.24) is 15.8 Å². The molecule has 0 aliphatic carbocycles. The van der Waals surface area contributed by atoms with Crippen LogP contribution < -0.4 is 10.6 Å². The van der Waals surface area contributed by atoms with Crippen LogP contribution in [0.25, 0.3) is 0 Å². The predicted octanol–water partition coefficient (Wildman–Crippen LogP) is 3.05. The van der Waals surface area contributed by atoms with E-state index < -0.39 is 0 Å². The average Bonchev–Trinajstić information content (AvgIpc) is 2.87. The number of rotatable bonds is 4. The van der Waals surface area contributed by atoms with Crippen LogP contribution in [0.5, 0.6) is 0 Å². The van der Waals surface area contributed by atoms with E-state index in [1.165, 1.54) is 0 Å². The third-order valence-electron chi connectivity index (χ3n) is 4.50. The molecule has 1 aromatic heterocycles. The van der Waals surface area contributed by atoms with E-state index in [1.807, 2.05) is 20.8 Å². The Morgan fingerprint density at radius 1 is 1.29 bits per heavy atom. The van der Waals surface area contributed by atoms with Crippen LogP contribution in [0.2, 0.25) is 0 Å². The van der Waals surface area contributed by atoms with Gasteiger partial charge in [-0.1, -0.05) is 25.9 Å². The summed E-state index contributed by atoms with van der Waals surface area (Å²) >= 11 is 0. The number of aromatic nitrogens is 1. The van der Waals surface area contributed by atoms with Gasteiger partial charge >= 0.3 is 0 Å². The first-order valence-electron chi connectivity index (χ1n) is 9.02. The van der Waals surface area contributed by atoms with Crippen LogP contribution in [0.3, 0.4) is 0 Å². The molecule has 0 unspecified atom stereocenters. The van der Waals surface area contributed by atoms with E-state index in [-0.39, 0.29) is 16.9 Å². The summed E-state index contributed by atoms with van der Waals surface area (Å²) in [6, 6.07) is 2.07. The lowest BCUT2D eigenvalue weighted by molar-refractivity contribution is -0.124. The van der Waals surface area contributed by atoms with Gasteiger partial charge in [0.05, 0.1) is 5.69 Å². The predicted molar refractivity (Wildman–Crippen MR) is 95.9 cm³/mol. The van der Waals surface area contributed by atoms with Crippen molar-refractivity contribution in [2.75, 3.05) is 13.1 Å². The topological polar surface area (TPSA) is 67.2 Å². The van der Waals surface area contributed by atoms with E-state index >= 15 is 0 Å². The molecule has 0 spiro atoms. The zero-order chi connectivity index (χ0) is 18.0. The highest BCUT2D eigenvalue weighted by atomic mass is 16.5. The smallest absolute Gasteiger partial charge is 0.220 e. The third kappa shape index (κ3) is 5.62. The van der Waals surface area contributed by atoms with Crippen LogP contribution in [-0.4, -0.2) is 29.7 Å². The maximum absolute atomic E-state index is 12.3. The average molecular weight is 335 g/mol. The van der Waals surface area contributed by atoms with Gasteiger partial charge in [0.1, 0.15) is 5.76 Å². The minimum atomic E-state index is -0.173. The largest absolute Gasteiger partial charge is 0.361 e. The molecular weight excluding hydrogens is 302 g/mol. The standard InChI is InChI=1S/C19H33N3O2/c1-18(2,3)16-11-15(22-24-16)9-14-12-20-8-7-13(14)10-17(23)21-19(4,5)6/h11,13-14,20H,7-10,12H2,1-6H3,(H,21,23)/t13-,14+/m0/s1. The molecular formula is C19H33N3O2. The fourth-order valence-corrected chi connectivity index (χ4v) is 3.22. The number of carbonyl (C=O) groups is 1. The van der Waals surface area contributed by atoms with Crippen LogP contribution in [0.4, 0.5) is 0 Å². The Bertz CT molecular complexity index is 552. The Kier molecular flexibility index (Phi) is 5.74. The van der Waals surface area contributed by atoms with Crippen molar-refractivity contribution in [2.45, 2.75) is 71.8 Å². The van der Waals surface area contributed by atoms with Crippen molar-refractivity contribution >= 4 is 5.91 Å². The summed E-state index contributed by atoms with van der Waals surface area (Å²) in [5, 5.41) is 10.8. The van der Waals surface area contributed by atoms with Gasteiger partial charge in [-0.15, -0.1) is 0 Å². The summed E-state index contributed by atoms with van der Waals surface area (Å²) in [6.07, 6.45) is 2.49. The number of hydrogen-bond acceptors (Lipinski definition) is 4. The second-order valence-electron chi connectivity index (χ2n) is 9.15. The maximum Gasteiger partial charge on any atom is 0.220 e. The van der Waals surface area contributed by atoms with Crippen LogP contribution in [0.15, 0.2) is 10.6 Å². The zero-order valence-corrected chi connectivity index (χ0v) is 16.0. The van der Waals surface area contributed by atoms with E-state index in [2.05, 4.69) is 42.6 Å². The molecule has 1 saturated heterocycles. The summed E-state index contributed by atoms with van der Waals surface area (Å²) in [7, 11) is 0. The van der Waals surface area contributed by atoms with Crippen LogP contribution in [0, 0.1) is 11.8 Å². The van der Waals surface area contributed by atoms with Gasteiger partial charge in [0, 0.05) is 23.4 Å². The van der Waals surface area contributed by atoms with Crippen molar-refractivity contribution in [3.8, 4) is 0 Å². The second kappa shape index (κ2) is 7.26. The highest BCUT2D eigenvalue weighted by molar-refractivity contribution is 5.76. The lowest BCUT2D eigenvalue weighted by Crippen LogP contribution is -2.44. The highest BCUT2D eigenvalue weighted by Gasteiger charge is 2.29. The lowest BCUT2D eigenvalue weighted by atomic mass is 9.80. The Labute approximate surface area is 145 Å². The second-order valence-corrected chi connectivity index (χ2v) is 9.15. The Morgan fingerprint density at radius 2 is 2.00 bits per heavy atom. The lowest BCUT2D eigenvalue weighted by Gasteiger charge is -2.32. The third-order valence-corrected chi connectivity index (χ3v) is 4.50. The zero-order valence-electron chi connectivity index (χ0n) is 16.0. The quantitative estimate of drug-likeness (QED) is 0.887. The summed E-state index contributed by atoms with van der Waals surface area (Å²) in [6.45, 7) is 14.4. The molecule has 2 heterocycles. The fraction of sp³-hybridized carbons (Fsp3) is 0.789. The van der Waals surface area contributed by atoms with E-state index in [0.717, 1.165) is 37.4 Å². The van der Waals surface area contributed by atoms with Gasteiger partial charge < -0.3 is 15.2 Å². The Balaban J connectivity index is 1.99. The maximum atomic E-state index is 12.3. The molecule has 5 heteroatoms. The van der Waals surface area contributed by atoms with E-state index in [1.54, 1.807) is 0 Å². The molecule has 0 aromatic carbocycles. The van der Waals surface area contributed by atoms with Gasteiger partial charge in [0.25, 0.3) is 0 Å². The van der Waals surface area contributed by atoms with E-state index in [9.17, 15) is 4.79 Å². The van der Waals surface area contributed by atoms with Crippen molar-refractivity contribution in [3.05, 3.63) is 17.5 Å². The first-order chi connectivity index (χ1) is 11.0. The summed E-state index contributed by atoms with van der Waals surface area (Å²) in [4.78, 5) is 12.3. The fourth-order valence-electron chi connectivity index (χ4n) is 3.22. The van der Waals surface area contributed by atoms with Crippen molar-refractivity contribution in [2.24, 2.45) is 11.8 Å². The normalized spacial score (nSPS) is 22.4. The number of carbonyl (C=O) groups excluding carboxylic acids is 1. The molecule has 1 amide bonds. The molecule has 2 rings (SSSR count). The van der Waals surface area contributed by atoms with Crippen LogP contribution >= 0.6 is 0 Å². The first-order valence-corrected chi connectivity index (χ1v) is 9.02. The van der Waals surface area contributed by atoms with Crippen molar-refractivity contribution in [1.29, 1.82) is 0 Å². The van der Waals surface area contributed by atoms with Crippen molar-refractivity contribution < 1.29 is 9.32 Å². The Morgan fingerprint density at radius 3 is 2.58 bits per heavy atom. The van der Waals surface area contributed by atoms with E-state index in [4.69, 9.17) is 4.52 Å². The van der Waals surface area contributed by atoms with Gasteiger partial charge in [-0.2, -0.15) is 0 Å². The summed E-state index contributed by atoms with van der Waals surface area (Å²) in [5.74, 6) is 1.88. The van der Waals surface area contributed by atoms with Crippen LogP contribution in [-0.2, 0) is 16.6 Å². The number of hydrogen-bond donors (Lipinski definition) is 2. The molecule has 0 saturated carbocycles. The molecule has 136 valence electrons. The minimum Gasteiger partial charge on any atom is -0.361 e. The van der Waals surface area contributed by atoms with Crippen molar-refractivity contribution in [3.63, 3.8) is 0 Å². The molecule has 2 atom stereocenters. The first kappa shape index (κ1) is 19.0. The molecule has 5 nitrogen and oxygen atoms in total. The molecule has 24 heavy (non-hydrogen) atoms. The van der Waals surface area contributed by atoms with Gasteiger partial charge in [-0.3, -0.25) is 4.79 Å². The Hall–Kier alpha value is -1.36. The monoisotopic (exact) mass is 335 g/mol. The van der Waals surface area contributed by atoms with Gasteiger partial charge in [0.2, 0.25) is 5.91 Å². The molecule has 1 aliphatic heterocycles. The highest BCUT2D eigenvalue weighted by Crippen LogP contribution is 2.28. The minimum absolute atomic E-state index is 0.0257. The molecule has 0 bridgehead atoms. The number of amides is 1. The SMILES string of the molecule is CC(C)(C)NC(=O)C[C@@H]1CCNC[C@H]1Cc1cc(C(C)(C)C)on1. The molecule has 1 aromatic rings. The number of piperidine rings is 1. The summed E-state index contributed by atoms with van der Waals surface area (Å²) in [5.41, 5.74) is 0.796. The van der Waals surface area contributed by atoms with Gasteiger partial charge in [-0.25, -0.2) is 0 Å². The summed E-state index contributed by atoms with van der Waals surface area (Å²) < 4.78 is 5.50. The number of nitrogens with zero attached hydrogens (tertiary/aromatic N) is 1. The molecule has 2 N–H and O–H groups in total. The van der Waals surface area contributed by atoms with Gasteiger partial charge in [-0.05, 0) is 58.5 Å². The molecule has 0 radical (unpaired) electrons. The van der Waals surface area contributed by atoms with E-state index in [0.29, 0.717) is 18.3 Å².